The summed E-state index contributed by atoms with van der Waals surface area (Å²) >= 11 is 0. The molecule has 5 heteroatoms. The van der Waals surface area contributed by atoms with Crippen LogP contribution < -0.4 is 9.30 Å². The first-order chi connectivity index (χ1) is 47.2. The fourth-order valence-electron chi connectivity index (χ4n) is 8.81. The minimum absolute atomic E-state index is 0.0510. The first kappa shape index (κ1) is 22.4. The molecule has 0 N–H and O–H groups in total. The normalized spacial score (nSPS) is 17.1. The van der Waals surface area contributed by atoms with Crippen molar-refractivity contribution in [2.45, 2.75) is 6.85 Å². The number of aryl methyl sites for hydroxylation is 1. The van der Waals surface area contributed by atoms with E-state index < -0.39 is 175 Å². The predicted octanol–water partition coefficient (Wildman–Crippen LogP) is 16.6. The lowest BCUT2D eigenvalue weighted by molar-refractivity contribution is -0.571. The largest absolute Gasteiger partial charge is 0.458 e. The SMILES string of the molecule is [2H]c1c([2H])c([2H])c(-c2cc(-c3c([2H])c([2H])c([2H])c([2H])c3[2H])c(-[n+]3[c-]n(-c4cccc(Oc5ccc6c7ccccc7n(-c7cc(C([2H])([2H])[2H])c(-c8c([2H])c([2H])c([2H])c([2H])c8[2H])cn7)c6c5)c4)c4cc(-c5c([2H])c([2H])c([2H])c([2H])c5[2H])ccc43)c(-c3c([2H])c([2H])c([2H])c([2H])c3[2H])c2)c([2H])c1[2H]. The summed E-state index contributed by atoms with van der Waals surface area (Å²) in [6.07, 6.45) is 4.42. The van der Waals surface area contributed by atoms with Gasteiger partial charge in [-0.1, -0.05) is 187 Å². The summed E-state index contributed by atoms with van der Waals surface area (Å²) in [5, 5.41) is 1.36. The van der Waals surface area contributed by atoms with Crippen molar-refractivity contribution >= 4 is 32.8 Å². The van der Waals surface area contributed by atoms with E-state index in [2.05, 4.69) is 11.3 Å². The molecule has 3 heterocycles. The second-order valence-electron chi connectivity index (χ2n) is 16.1. The van der Waals surface area contributed by atoms with E-state index in [1.165, 1.54) is 45.5 Å². The molecule has 0 aliphatic carbocycles. The van der Waals surface area contributed by atoms with Crippen molar-refractivity contribution in [1.82, 2.24) is 14.1 Å². The number of aromatic nitrogens is 4. The molecule has 0 fully saturated rings. The van der Waals surface area contributed by atoms with Gasteiger partial charge in [0.05, 0.1) is 67.7 Å². The van der Waals surface area contributed by atoms with Gasteiger partial charge in [0.1, 0.15) is 17.3 Å². The van der Waals surface area contributed by atoms with E-state index >= 15 is 0 Å². The van der Waals surface area contributed by atoms with Gasteiger partial charge < -0.3 is 4.74 Å². The van der Waals surface area contributed by atoms with Crippen molar-refractivity contribution in [3.05, 3.63) is 272 Å². The Morgan fingerprint density at radius 3 is 1.71 bits per heavy atom. The van der Waals surface area contributed by atoms with Crippen LogP contribution in [0.15, 0.2) is 260 Å². The lowest BCUT2D eigenvalue weighted by Gasteiger charge is -2.19. The van der Waals surface area contributed by atoms with Gasteiger partial charge >= 0.3 is 0 Å². The van der Waals surface area contributed by atoms with Crippen molar-refractivity contribution in [2.75, 3.05) is 0 Å². The second kappa shape index (κ2) is 18.1. The highest BCUT2D eigenvalue weighted by Gasteiger charge is 2.23. The maximum Gasteiger partial charge on any atom is 0.269 e. The molecule has 0 atom stereocenters. The quantitative estimate of drug-likeness (QED) is 0.101. The first-order valence-corrected chi connectivity index (χ1v) is 22.0. The molecule has 72 heavy (non-hydrogen) atoms. The fraction of sp³-hybridized carbons (Fsp3) is 0.0149. The average molecular weight is 951 g/mol. The fourth-order valence-corrected chi connectivity index (χ4v) is 8.81. The van der Waals surface area contributed by atoms with Gasteiger partial charge in [-0.2, -0.15) is 0 Å². The third-order valence-electron chi connectivity index (χ3n) is 12.0. The molecule has 0 bridgehead atoms. The molecule has 0 aliphatic rings. The standard InChI is InChI=1S/C67H46N4O/c1-46-38-66(68-44-61(46)51-28-15-6-16-29-51)71-62-33-18-17-32-57(62)58-36-35-56(43-64(58)71)72-55-31-19-30-54(42-55)69-45-70(63-37-34-52(41-65(63)69)47-20-7-2-8-21-47)67-59(49-24-11-4-12-25-49)39-53(48-22-9-3-10-23-48)40-60(67)50-26-13-5-14-27-50/h2-44H,1H3/i1D3,2D,3D,4D,5D,6D,7D,8D,9D,10D,11D,12D,13D,14D,15D,16D,20D,21D,22D,23D,24D,25D,26D,27D,28D,29D. The number of benzene rings is 10. The molecule has 0 saturated carbocycles. The number of hydrogen-bond acceptors (Lipinski definition) is 2. The zero-order chi connectivity index (χ0) is 72.2. The number of nitrogens with zero attached hydrogens (tertiary/aromatic N) is 4. The smallest absolute Gasteiger partial charge is 0.269 e. The monoisotopic (exact) mass is 951 g/mol. The number of pyridine rings is 1. The van der Waals surface area contributed by atoms with Crippen LogP contribution in [0.5, 0.6) is 11.5 Å². The zero-order valence-corrected chi connectivity index (χ0v) is 37.1. The van der Waals surface area contributed by atoms with Crippen LogP contribution >= 0.6 is 0 Å². The Morgan fingerprint density at radius 1 is 0.472 bits per heavy atom. The maximum absolute atomic E-state index is 9.44. The van der Waals surface area contributed by atoms with Crippen molar-refractivity contribution < 1.29 is 47.7 Å². The van der Waals surface area contributed by atoms with E-state index in [0.29, 0.717) is 21.8 Å². The third-order valence-corrected chi connectivity index (χ3v) is 12.0. The molecule has 3 aromatic heterocycles. The Bertz CT molecular complexity index is 5550. The summed E-state index contributed by atoms with van der Waals surface area (Å²) < 4.78 is 257. The average Bonchev–Trinajstić information content (AvgIpc) is 1.28. The van der Waals surface area contributed by atoms with E-state index in [0.717, 1.165) is 6.20 Å². The topological polar surface area (TPSA) is 35.9 Å². The molecule has 0 spiro atoms. The van der Waals surface area contributed by atoms with Gasteiger partial charge in [0.15, 0.2) is 0 Å². The summed E-state index contributed by atoms with van der Waals surface area (Å²) in [6.45, 7) is -2.90. The van der Waals surface area contributed by atoms with Crippen LogP contribution in [0.25, 0.3) is 106 Å². The highest BCUT2D eigenvalue weighted by atomic mass is 16.5. The van der Waals surface area contributed by atoms with Gasteiger partial charge in [-0.15, -0.1) is 0 Å². The zero-order valence-electron chi connectivity index (χ0n) is 65.1. The summed E-state index contributed by atoms with van der Waals surface area (Å²) in [7, 11) is 0. The third kappa shape index (κ3) is 7.70. The molecule has 0 amide bonds. The maximum atomic E-state index is 9.44. The number of imidazole rings is 1. The van der Waals surface area contributed by atoms with Crippen molar-refractivity contribution in [3.8, 4) is 84.3 Å². The number of para-hydroxylation sites is 1. The van der Waals surface area contributed by atoms with Crippen molar-refractivity contribution in [2.24, 2.45) is 0 Å². The summed E-state index contributed by atoms with van der Waals surface area (Å²) in [5.74, 6) is 0.412. The van der Waals surface area contributed by atoms with Gasteiger partial charge in [0.2, 0.25) is 0 Å². The highest BCUT2D eigenvalue weighted by molar-refractivity contribution is 6.09. The lowest BCUT2D eigenvalue weighted by Crippen LogP contribution is -2.31. The molecular weight excluding hydrogens is 877 g/mol. The summed E-state index contributed by atoms with van der Waals surface area (Å²) in [4.78, 5) is 4.67. The molecule has 0 saturated heterocycles. The molecule has 0 aliphatic heterocycles. The van der Waals surface area contributed by atoms with Crippen molar-refractivity contribution in [1.29, 1.82) is 0 Å². The Balaban J connectivity index is 1.07. The first-order valence-electron chi connectivity index (χ1n) is 36.0. The molecule has 0 unspecified atom stereocenters. The van der Waals surface area contributed by atoms with Gasteiger partial charge in [0, 0.05) is 32.7 Å². The van der Waals surface area contributed by atoms with Crippen molar-refractivity contribution in [3.63, 3.8) is 0 Å². The van der Waals surface area contributed by atoms with E-state index in [1.807, 2.05) is 6.07 Å². The van der Waals surface area contributed by atoms with Crippen LogP contribution in [0.4, 0.5) is 0 Å². The number of rotatable bonds is 10. The summed E-state index contributed by atoms with van der Waals surface area (Å²) in [6, 6.07) is 7.89. The van der Waals surface area contributed by atoms with Crippen LogP contribution in [-0.4, -0.2) is 14.1 Å². The second-order valence-corrected chi connectivity index (χ2v) is 16.1. The molecule has 5 nitrogen and oxygen atoms in total. The number of fused-ring (bicyclic) bond motifs is 4. The Kier molecular flexibility index (Phi) is 5.63. The van der Waals surface area contributed by atoms with Crippen LogP contribution in [0, 0.1) is 13.2 Å². The predicted molar refractivity (Wildman–Crippen MR) is 294 cm³/mol. The van der Waals surface area contributed by atoms with Gasteiger partial charge in [0.25, 0.3) is 6.33 Å². The molecule has 340 valence electrons. The lowest BCUT2D eigenvalue weighted by atomic mass is 9.90. The van der Waals surface area contributed by atoms with Gasteiger partial charge in [-0.05, 0) is 123 Å². The van der Waals surface area contributed by atoms with Crippen LogP contribution in [0.3, 0.4) is 0 Å². The molecule has 0 radical (unpaired) electrons. The minimum Gasteiger partial charge on any atom is -0.458 e. The minimum atomic E-state index is -2.90. The molecule has 10 aromatic carbocycles. The van der Waals surface area contributed by atoms with Gasteiger partial charge in [-0.3, -0.25) is 13.7 Å². The molecule has 13 aromatic rings. The number of ether oxygens (including phenoxy) is 1. The molecular formula is C67H46N4O. The Labute approximate surface area is 457 Å². The summed E-state index contributed by atoms with van der Waals surface area (Å²) in [5.41, 5.74) is -2.73. The van der Waals surface area contributed by atoms with Gasteiger partial charge in [-0.25, -0.2) is 4.98 Å². The van der Waals surface area contributed by atoms with E-state index in [4.69, 9.17) is 37.6 Å². The van der Waals surface area contributed by atoms with Crippen LogP contribution in [0.2, 0.25) is 0 Å². The van der Waals surface area contributed by atoms with E-state index in [-0.39, 0.29) is 84.2 Å². The number of hydrogen-bond donors (Lipinski definition) is 0. The highest BCUT2D eigenvalue weighted by Crippen LogP contribution is 2.40. The van der Waals surface area contributed by atoms with Crippen LogP contribution in [-0.2, 0) is 0 Å². The van der Waals surface area contributed by atoms with Crippen LogP contribution in [0.1, 0.15) is 43.9 Å². The van der Waals surface area contributed by atoms with E-state index in [9.17, 15) is 5.48 Å². The Hall–Kier alpha value is -9.58. The van der Waals surface area contributed by atoms with E-state index in [1.54, 1.807) is 65.2 Å². The Morgan fingerprint density at radius 2 is 1.06 bits per heavy atom. The molecule has 13 rings (SSSR count).